The SMILES string of the molecule is CCn1nccc1S(=O)(=O)NCCC(C)N. The number of aromatic nitrogens is 2. The van der Waals surface area contributed by atoms with E-state index in [-0.39, 0.29) is 11.1 Å². The molecule has 1 heterocycles. The molecule has 7 heteroatoms. The standard InChI is InChI=1S/C9H18N4O2S/c1-3-13-9(5-6-11-13)16(14,15)12-7-4-8(2)10/h5-6,8,12H,3-4,7,10H2,1-2H3. The molecule has 0 spiro atoms. The Morgan fingerprint density at radius 2 is 2.31 bits per heavy atom. The van der Waals surface area contributed by atoms with Gasteiger partial charge in [0.25, 0.3) is 10.0 Å². The molecule has 0 aromatic carbocycles. The zero-order chi connectivity index (χ0) is 12.2. The van der Waals surface area contributed by atoms with E-state index >= 15 is 0 Å². The second-order valence-electron chi connectivity index (χ2n) is 3.65. The summed E-state index contributed by atoms with van der Waals surface area (Å²) in [6.07, 6.45) is 2.09. The van der Waals surface area contributed by atoms with E-state index < -0.39 is 10.0 Å². The van der Waals surface area contributed by atoms with Crippen LogP contribution in [0.1, 0.15) is 20.3 Å². The Morgan fingerprint density at radius 1 is 1.62 bits per heavy atom. The summed E-state index contributed by atoms with van der Waals surface area (Å²) in [7, 11) is -3.46. The van der Waals surface area contributed by atoms with Gasteiger partial charge in [-0.1, -0.05) is 0 Å². The molecule has 0 saturated carbocycles. The Kier molecular flexibility index (Phi) is 4.45. The fourth-order valence-electron chi connectivity index (χ4n) is 1.28. The van der Waals surface area contributed by atoms with Gasteiger partial charge in [-0.3, -0.25) is 4.68 Å². The maximum Gasteiger partial charge on any atom is 0.257 e. The van der Waals surface area contributed by atoms with Crippen molar-refractivity contribution in [1.82, 2.24) is 14.5 Å². The average molecular weight is 246 g/mol. The summed E-state index contributed by atoms with van der Waals surface area (Å²) in [6.45, 7) is 4.55. The van der Waals surface area contributed by atoms with Gasteiger partial charge in [-0.2, -0.15) is 5.10 Å². The minimum absolute atomic E-state index is 0.0150. The second-order valence-corrected chi connectivity index (χ2v) is 5.36. The van der Waals surface area contributed by atoms with Crippen molar-refractivity contribution in [1.29, 1.82) is 0 Å². The highest BCUT2D eigenvalue weighted by Crippen LogP contribution is 2.07. The van der Waals surface area contributed by atoms with E-state index in [0.29, 0.717) is 19.5 Å². The molecule has 1 unspecified atom stereocenters. The van der Waals surface area contributed by atoms with Crippen LogP contribution in [0.25, 0.3) is 0 Å². The summed E-state index contributed by atoms with van der Waals surface area (Å²) < 4.78 is 27.6. The largest absolute Gasteiger partial charge is 0.328 e. The van der Waals surface area contributed by atoms with Crippen molar-refractivity contribution < 1.29 is 8.42 Å². The van der Waals surface area contributed by atoms with Crippen molar-refractivity contribution in [2.24, 2.45) is 5.73 Å². The van der Waals surface area contributed by atoms with Crippen LogP contribution in [0.15, 0.2) is 17.3 Å². The fraction of sp³-hybridized carbons (Fsp3) is 0.667. The van der Waals surface area contributed by atoms with E-state index in [2.05, 4.69) is 9.82 Å². The lowest BCUT2D eigenvalue weighted by atomic mass is 10.3. The highest BCUT2D eigenvalue weighted by atomic mass is 32.2. The molecule has 0 bridgehead atoms. The minimum Gasteiger partial charge on any atom is -0.328 e. The molecule has 0 fully saturated rings. The van der Waals surface area contributed by atoms with Crippen LogP contribution in [0, 0.1) is 0 Å². The molecule has 0 aliphatic carbocycles. The van der Waals surface area contributed by atoms with Crippen LogP contribution in [0.5, 0.6) is 0 Å². The first-order valence-electron chi connectivity index (χ1n) is 5.24. The number of nitrogens with two attached hydrogens (primary N) is 1. The average Bonchev–Trinajstić information content (AvgIpc) is 2.64. The first-order valence-corrected chi connectivity index (χ1v) is 6.72. The van der Waals surface area contributed by atoms with Crippen molar-refractivity contribution in [2.75, 3.05) is 6.54 Å². The van der Waals surface area contributed by atoms with E-state index in [1.54, 1.807) is 0 Å². The lowest BCUT2D eigenvalue weighted by molar-refractivity contribution is 0.539. The Labute approximate surface area is 95.9 Å². The van der Waals surface area contributed by atoms with Gasteiger partial charge in [-0.25, -0.2) is 13.1 Å². The van der Waals surface area contributed by atoms with Gasteiger partial charge < -0.3 is 5.73 Å². The van der Waals surface area contributed by atoms with Gasteiger partial charge >= 0.3 is 0 Å². The van der Waals surface area contributed by atoms with Gasteiger partial charge in [-0.15, -0.1) is 0 Å². The smallest absolute Gasteiger partial charge is 0.257 e. The van der Waals surface area contributed by atoms with Crippen molar-refractivity contribution in [3.8, 4) is 0 Å². The van der Waals surface area contributed by atoms with E-state index in [0.717, 1.165) is 0 Å². The summed E-state index contributed by atoms with van der Waals surface area (Å²) >= 11 is 0. The first-order chi connectivity index (χ1) is 7.47. The molecule has 16 heavy (non-hydrogen) atoms. The number of aryl methyl sites for hydroxylation is 1. The van der Waals surface area contributed by atoms with E-state index in [1.165, 1.54) is 16.9 Å². The normalized spacial score (nSPS) is 13.9. The summed E-state index contributed by atoms with van der Waals surface area (Å²) in [5.41, 5.74) is 5.54. The molecule has 1 aromatic rings. The molecule has 0 aliphatic rings. The third-order valence-corrected chi connectivity index (χ3v) is 3.63. The van der Waals surface area contributed by atoms with Gasteiger partial charge in [0.1, 0.15) is 0 Å². The first kappa shape index (κ1) is 13.1. The van der Waals surface area contributed by atoms with Gasteiger partial charge in [0, 0.05) is 19.1 Å². The topological polar surface area (TPSA) is 90.0 Å². The van der Waals surface area contributed by atoms with E-state index in [1.807, 2.05) is 13.8 Å². The maximum absolute atomic E-state index is 11.8. The van der Waals surface area contributed by atoms with Crippen LogP contribution in [-0.2, 0) is 16.6 Å². The molecule has 1 aromatic heterocycles. The lowest BCUT2D eigenvalue weighted by Crippen LogP contribution is -2.30. The monoisotopic (exact) mass is 246 g/mol. The molecule has 6 nitrogen and oxygen atoms in total. The molecule has 0 saturated heterocycles. The summed E-state index contributed by atoms with van der Waals surface area (Å²) in [6, 6.07) is 1.47. The van der Waals surface area contributed by atoms with Crippen LogP contribution >= 0.6 is 0 Å². The molecule has 0 amide bonds. The fourth-order valence-corrected chi connectivity index (χ4v) is 2.51. The molecule has 1 rings (SSSR count). The summed E-state index contributed by atoms with van der Waals surface area (Å²) in [5.74, 6) is 0. The van der Waals surface area contributed by atoms with Crippen molar-refractivity contribution >= 4 is 10.0 Å². The van der Waals surface area contributed by atoms with Gasteiger partial charge in [0.2, 0.25) is 0 Å². The van der Waals surface area contributed by atoms with E-state index in [4.69, 9.17) is 5.73 Å². The minimum atomic E-state index is -3.46. The second kappa shape index (κ2) is 5.42. The van der Waals surface area contributed by atoms with Crippen LogP contribution < -0.4 is 10.5 Å². The Hall–Kier alpha value is -0.920. The predicted molar refractivity (Wildman–Crippen MR) is 61.4 cm³/mol. The number of nitrogens with zero attached hydrogens (tertiary/aromatic N) is 2. The third-order valence-electron chi connectivity index (χ3n) is 2.14. The number of hydrogen-bond acceptors (Lipinski definition) is 4. The third kappa shape index (κ3) is 3.29. The van der Waals surface area contributed by atoms with Crippen molar-refractivity contribution in [2.45, 2.75) is 37.9 Å². The van der Waals surface area contributed by atoms with Crippen LogP contribution in [0.3, 0.4) is 0 Å². The molecular weight excluding hydrogens is 228 g/mol. The maximum atomic E-state index is 11.8. The molecule has 1 atom stereocenters. The Morgan fingerprint density at radius 3 is 2.88 bits per heavy atom. The van der Waals surface area contributed by atoms with Gasteiger partial charge in [-0.05, 0) is 26.3 Å². The molecule has 92 valence electrons. The van der Waals surface area contributed by atoms with Crippen LogP contribution in [0.2, 0.25) is 0 Å². The number of nitrogens with one attached hydrogen (secondary N) is 1. The van der Waals surface area contributed by atoms with Crippen LogP contribution in [0.4, 0.5) is 0 Å². The molecule has 0 aliphatic heterocycles. The number of sulfonamides is 1. The van der Waals surface area contributed by atoms with Gasteiger partial charge in [0.15, 0.2) is 5.03 Å². The molecular formula is C9H18N4O2S. The predicted octanol–water partition coefficient (Wildman–Crippen LogP) is -0.0814. The van der Waals surface area contributed by atoms with Crippen LogP contribution in [-0.4, -0.2) is 30.8 Å². The lowest BCUT2D eigenvalue weighted by Gasteiger charge is -2.09. The Balaban J connectivity index is 2.71. The quantitative estimate of drug-likeness (QED) is 0.734. The van der Waals surface area contributed by atoms with E-state index in [9.17, 15) is 8.42 Å². The highest BCUT2D eigenvalue weighted by Gasteiger charge is 2.17. The molecule has 3 N–H and O–H groups in total. The number of hydrogen-bond donors (Lipinski definition) is 2. The van der Waals surface area contributed by atoms with Crippen molar-refractivity contribution in [3.05, 3.63) is 12.3 Å². The highest BCUT2D eigenvalue weighted by molar-refractivity contribution is 7.89. The van der Waals surface area contributed by atoms with Crippen molar-refractivity contribution in [3.63, 3.8) is 0 Å². The summed E-state index contributed by atoms with van der Waals surface area (Å²) in [5, 5.41) is 4.11. The van der Waals surface area contributed by atoms with Gasteiger partial charge in [0.05, 0.1) is 6.20 Å². The zero-order valence-electron chi connectivity index (χ0n) is 9.55. The number of rotatable bonds is 6. The zero-order valence-corrected chi connectivity index (χ0v) is 10.4. The molecule has 0 radical (unpaired) electrons. The Bertz CT molecular complexity index is 424. The summed E-state index contributed by atoms with van der Waals surface area (Å²) in [4.78, 5) is 0.